The second kappa shape index (κ2) is 5.40. The summed E-state index contributed by atoms with van der Waals surface area (Å²) in [7, 11) is 0. The number of carbonyl (C=O) groups is 1. The number of hydrogen-bond donors (Lipinski definition) is 0. The summed E-state index contributed by atoms with van der Waals surface area (Å²) in [5.74, 6) is 0. The molecule has 1 aromatic carbocycles. The SMILES string of the molecule is Cc1cc2c(cc1Br)N(C(=O)OC(C)(C)C)C(C)CC2. The maximum Gasteiger partial charge on any atom is 0.415 e. The van der Waals surface area contributed by atoms with Crippen LogP contribution < -0.4 is 4.90 Å². The summed E-state index contributed by atoms with van der Waals surface area (Å²) in [6.07, 6.45) is 1.71. The largest absolute Gasteiger partial charge is 0.443 e. The Labute approximate surface area is 129 Å². The van der Waals surface area contributed by atoms with Crippen molar-refractivity contribution < 1.29 is 9.53 Å². The molecule has 4 heteroatoms. The normalized spacial score (nSPS) is 18.7. The summed E-state index contributed by atoms with van der Waals surface area (Å²) in [5, 5.41) is 0. The zero-order chi connectivity index (χ0) is 15.1. The first-order valence-electron chi connectivity index (χ1n) is 7.00. The smallest absolute Gasteiger partial charge is 0.415 e. The molecule has 0 fully saturated rings. The summed E-state index contributed by atoms with van der Waals surface area (Å²) in [6, 6.07) is 4.35. The number of halogens is 1. The number of benzene rings is 1. The lowest BCUT2D eigenvalue weighted by molar-refractivity contribution is 0.0563. The Morgan fingerprint density at radius 1 is 1.40 bits per heavy atom. The van der Waals surface area contributed by atoms with Gasteiger partial charge >= 0.3 is 6.09 Å². The number of aryl methyl sites for hydroxylation is 2. The summed E-state index contributed by atoms with van der Waals surface area (Å²) >= 11 is 3.55. The van der Waals surface area contributed by atoms with E-state index in [0.717, 1.165) is 23.0 Å². The molecule has 1 aliphatic heterocycles. The van der Waals surface area contributed by atoms with Crippen molar-refractivity contribution in [1.82, 2.24) is 0 Å². The Kier molecular flexibility index (Phi) is 4.14. The van der Waals surface area contributed by atoms with Crippen molar-refractivity contribution in [1.29, 1.82) is 0 Å². The van der Waals surface area contributed by atoms with Crippen LogP contribution in [0.2, 0.25) is 0 Å². The first kappa shape index (κ1) is 15.4. The van der Waals surface area contributed by atoms with Gasteiger partial charge in [-0.05, 0) is 64.7 Å². The predicted octanol–water partition coefficient (Wildman–Crippen LogP) is 4.83. The lowest BCUT2D eigenvalue weighted by Gasteiger charge is -2.36. The van der Waals surface area contributed by atoms with Crippen LogP contribution in [-0.4, -0.2) is 17.7 Å². The van der Waals surface area contributed by atoms with E-state index in [1.807, 2.05) is 26.8 Å². The first-order valence-corrected chi connectivity index (χ1v) is 7.79. The molecule has 2 rings (SSSR count). The number of rotatable bonds is 0. The van der Waals surface area contributed by atoms with Crippen LogP contribution in [0.1, 0.15) is 45.2 Å². The molecule has 0 radical (unpaired) electrons. The van der Waals surface area contributed by atoms with E-state index in [9.17, 15) is 4.79 Å². The van der Waals surface area contributed by atoms with Crippen molar-refractivity contribution in [3.8, 4) is 0 Å². The van der Waals surface area contributed by atoms with Crippen LogP contribution in [0, 0.1) is 6.92 Å². The lowest BCUT2D eigenvalue weighted by atomic mass is 9.95. The van der Waals surface area contributed by atoms with E-state index in [2.05, 4.69) is 35.8 Å². The second-order valence-electron chi connectivity index (χ2n) is 6.47. The van der Waals surface area contributed by atoms with Crippen LogP contribution in [0.15, 0.2) is 16.6 Å². The zero-order valence-electron chi connectivity index (χ0n) is 12.8. The molecule has 0 N–H and O–H groups in total. The highest BCUT2D eigenvalue weighted by molar-refractivity contribution is 9.10. The van der Waals surface area contributed by atoms with E-state index in [0.29, 0.717) is 0 Å². The minimum absolute atomic E-state index is 0.159. The molecule has 1 amide bonds. The quantitative estimate of drug-likeness (QED) is 0.677. The molecule has 1 unspecified atom stereocenters. The molecule has 3 nitrogen and oxygen atoms in total. The average molecular weight is 340 g/mol. The molecule has 1 aliphatic rings. The Balaban J connectivity index is 2.39. The van der Waals surface area contributed by atoms with Gasteiger partial charge in [-0.15, -0.1) is 0 Å². The van der Waals surface area contributed by atoms with Crippen LogP contribution >= 0.6 is 15.9 Å². The molecule has 0 aliphatic carbocycles. The van der Waals surface area contributed by atoms with Crippen LogP contribution in [0.4, 0.5) is 10.5 Å². The van der Waals surface area contributed by atoms with Crippen LogP contribution in [-0.2, 0) is 11.2 Å². The predicted molar refractivity (Wildman–Crippen MR) is 85.4 cm³/mol. The summed E-state index contributed by atoms with van der Waals surface area (Å²) in [5.41, 5.74) is 2.91. The molecular formula is C16H22BrNO2. The fourth-order valence-corrected chi connectivity index (χ4v) is 2.81. The van der Waals surface area contributed by atoms with Crippen molar-refractivity contribution in [2.75, 3.05) is 4.90 Å². The highest BCUT2D eigenvalue weighted by Crippen LogP contribution is 2.35. The Morgan fingerprint density at radius 3 is 2.65 bits per heavy atom. The molecule has 20 heavy (non-hydrogen) atoms. The molecule has 110 valence electrons. The van der Waals surface area contributed by atoms with Crippen LogP contribution in [0.5, 0.6) is 0 Å². The Hall–Kier alpha value is -1.03. The molecule has 0 aromatic heterocycles. The molecule has 1 heterocycles. The number of nitrogens with zero attached hydrogens (tertiary/aromatic N) is 1. The number of anilines is 1. The van der Waals surface area contributed by atoms with E-state index in [1.54, 1.807) is 4.90 Å². The summed E-state index contributed by atoms with van der Waals surface area (Å²) < 4.78 is 6.57. The number of amides is 1. The highest BCUT2D eigenvalue weighted by Gasteiger charge is 2.32. The van der Waals surface area contributed by atoms with Gasteiger partial charge in [0.15, 0.2) is 0 Å². The minimum atomic E-state index is -0.476. The van der Waals surface area contributed by atoms with Gasteiger partial charge in [-0.25, -0.2) is 4.79 Å². The Morgan fingerprint density at radius 2 is 2.05 bits per heavy atom. The highest BCUT2D eigenvalue weighted by atomic mass is 79.9. The van der Waals surface area contributed by atoms with Gasteiger partial charge in [-0.2, -0.15) is 0 Å². The summed E-state index contributed by atoms with van der Waals surface area (Å²) in [6.45, 7) is 9.82. The van der Waals surface area contributed by atoms with Gasteiger partial charge in [0.25, 0.3) is 0 Å². The van der Waals surface area contributed by atoms with Crippen LogP contribution in [0.3, 0.4) is 0 Å². The molecular weight excluding hydrogens is 318 g/mol. The molecule has 1 atom stereocenters. The van der Waals surface area contributed by atoms with Crippen molar-refractivity contribution in [2.24, 2.45) is 0 Å². The van der Waals surface area contributed by atoms with Gasteiger partial charge in [-0.3, -0.25) is 4.90 Å². The molecule has 0 saturated carbocycles. The van der Waals surface area contributed by atoms with Gasteiger partial charge in [0.05, 0.1) is 5.69 Å². The topological polar surface area (TPSA) is 29.5 Å². The van der Waals surface area contributed by atoms with E-state index in [4.69, 9.17) is 4.74 Å². The van der Waals surface area contributed by atoms with Gasteiger partial charge in [-0.1, -0.05) is 22.0 Å². The van der Waals surface area contributed by atoms with Crippen molar-refractivity contribution >= 4 is 27.7 Å². The van der Waals surface area contributed by atoms with Gasteiger partial charge in [0.2, 0.25) is 0 Å². The van der Waals surface area contributed by atoms with Crippen molar-refractivity contribution in [3.63, 3.8) is 0 Å². The number of carbonyl (C=O) groups excluding carboxylic acids is 1. The lowest BCUT2D eigenvalue weighted by Crippen LogP contribution is -2.45. The average Bonchev–Trinajstić information content (AvgIpc) is 2.28. The molecule has 0 saturated heterocycles. The Bertz CT molecular complexity index is 534. The third-order valence-electron chi connectivity index (χ3n) is 3.48. The summed E-state index contributed by atoms with van der Waals surface area (Å²) in [4.78, 5) is 14.3. The monoisotopic (exact) mass is 339 g/mol. The van der Waals surface area contributed by atoms with Crippen LogP contribution in [0.25, 0.3) is 0 Å². The number of ether oxygens (including phenoxy) is 1. The van der Waals surface area contributed by atoms with Gasteiger partial charge in [0.1, 0.15) is 5.60 Å². The first-order chi connectivity index (χ1) is 9.19. The van der Waals surface area contributed by atoms with E-state index in [1.165, 1.54) is 11.1 Å². The number of hydrogen-bond acceptors (Lipinski definition) is 2. The minimum Gasteiger partial charge on any atom is -0.443 e. The molecule has 0 spiro atoms. The fourth-order valence-electron chi connectivity index (χ4n) is 2.48. The van der Waals surface area contributed by atoms with Gasteiger partial charge in [0, 0.05) is 10.5 Å². The fraction of sp³-hybridized carbons (Fsp3) is 0.562. The maximum absolute atomic E-state index is 12.5. The molecule has 0 bridgehead atoms. The van der Waals surface area contributed by atoms with E-state index < -0.39 is 5.60 Å². The number of fused-ring (bicyclic) bond motifs is 1. The van der Waals surface area contributed by atoms with E-state index in [-0.39, 0.29) is 12.1 Å². The standard InChI is InChI=1S/C16H22BrNO2/c1-10-8-12-7-6-11(2)18(14(12)9-13(10)17)15(19)20-16(3,4)5/h8-9,11H,6-7H2,1-5H3. The molecule has 1 aromatic rings. The third kappa shape index (κ3) is 3.17. The second-order valence-corrected chi connectivity index (χ2v) is 7.32. The van der Waals surface area contributed by atoms with E-state index >= 15 is 0 Å². The zero-order valence-corrected chi connectivity index (χ0v) is 14.4. The maximum atomic E-state index is 12.5. The third-order valence-corrected chi connectivity index (χ3v) is 4.34. The van der Waals surface area contributed by atoms with Gasteiger partial charge < -0.3 is 4.74 Å². The van der Waals surface area contributed by atoms with Crippen molar-refractivity contribution in [2.45, 2.75) is 59.1 Å². The van der Waals surface area contributed by atoms with Crippen molar-refractivity contribution in [3.05, 3.63) is 27.7 Å².